The summed E-state index contributed by atoms with van der Waals surface area (Å²) in [5.41, 5.74) is 1.86. The van der Waals surface area contributed by atoms with E-state index in [2.05, 4.69) is 5.32 Å². The van der Waals surface area contributed by atoms with Crippen LogP contribution in [0.2, 0.25) is 0 Å². The highest BCUT2D eigenvalue weighted by Gasteiger charge is 2.12. The maximum Gasteiger partial charge on any atom is 0.344 e. The monoisotopic (exact) mass is 406 g/mol. The number of nitrogens with zero attached hydrogens (tertiary/aromatic N) is 1. The van der Waals surface area contributed by atoms with Crippen LogP contribution < -0.4 is 10.1 Å². The van der Waals surface area contributed by atoms with Gasteiger partial charge in [0, 0.05) is 10.8 Å². The summed E-state index contributed by atoms with van der Waals surface area (Å²) in [7, 11) is 0. The van der Waals surface area contributed by atoms with Gasteiger partial charge in [-0.1, -0.05) is 18.2 Å². The summed E-state index contributed by atoms with van der Waals surface area (Å²) >= 11 is 1.22. The third-order valence-electron chi connectivity index (χ3n) is 4.11. The van der Waals surface area contributed by atoms with E-state index in [0.29, 0.717) is 16.3 Å². The molecule has 144 valence electrons. The Balaban J connectivity index is 1.32. The van der Waals surface area contributed by atoms with E-state index < -0.39 is 18.5 Å². The van der Waals surface area contributed by atoms with Gasteiger partial charge in [-0.25, -0.2) is 4.79 Å². The summed E-state index contributed by atoms with van der Waals surface area (Å²) in [6.07, 6.45) is 0. The maximum absolute atomic E-state index is 11.9. The summed E-state index contributed by atoms with van der Waals surface area (Å²) in [4.78, 5) is 23.7. The Morgan fingerprint density at radius 1 is 1.07 bits per heavy atom. The minimum Gasteiger partial charge on any atom is -0.482 e. The predicted molar refractivity (Wildman–Crippen MR) is 108 cm³/mol. The summed E-state index contributed by atoms with van der Waals surface area (Å²) < 4.78 is 16.1. The number of benzene rings is 2. The number of esters is 1. The van der Waals surface area contributed by atoms with E-state index in [-0.39, 0.29) is 6.61 Å². The molecule has 2 heterocycles. The quantitative estimate of drug-likeness (QED) is 0.484. The Hall–Kier alpha value is -3.83. The van der Waals surface area contributed by atoms with Crippen LogP contribution in [0.5, 0.6) is 5.75 Å². The van der Waals surface area contributed by atoms with Gasteiger partial charge in [-0.2, -0.15) is 5.26 Å². The number of nitrogens with one attached hydrogen (secondary N) is 1. The van der Waals surface area contributed by atoms with Crippen molar-refractivity contribution in [2.24, 2.45) is 0 Å². The van der Waals surface area contributed by atoms with Crippen molar-refractivity contribution in [2.45, 2.75) is 0 Å². The molecule has 2 aromatic heterocycles. The van der Waals surface area contributed by atoms with Gasteiger partial charge in [0.2, 0.25) is 0 Å². The summed E-state index contributed by atoms with van der Waals surface area (Å²) in [6, 6.07) is 16.5. The van der Waals surface area contributed by atoms with Crippen molar-refractivity contribution < 1.29 is 23.5 Å². The van der Waals surface area contributed by atoms with Crippen molar-refractivity contribution in [3.63, 3.8) is 0 Å². The molecule has 0 unspecified atom stereocenters. The summed E-state index contributed by atoms with van der Waals surface area (Å²) in [6.45, 7) is -0.798. The van der Waals surface area contributed by atoms with E-state index in [1.54, 1.807) is 29.6 Å². The first-order chi connectivity index (χ1) is 14.1. The van der Waals surface area contributed by atoms with Crippen LogP contribution >= 0.6 is 11.3 Å². The zero-order chi connectivity index (χ0) is 20.2. The zero-order valence-electron chi connectivity index (χ0n) is 15.0. The Kier molecular flexibility index (Phi) is 5.14. The van der Waals surface area contributed by atoms with Crippen molar-refractivity contribution in [3.8, 4) is 11.8 Å². The fourth-order valence-corrected chi connectivity index (χ4v) is 3.54. The number of rotatable bonds is 6. The van der Waals surface area contributed by atoms with Crippen LogP contribution in [0.4, 0.5) is 5.00 Å². The van der Waals surface area contributed by atoms with Gasteiger partial charge in [0.15, 0.2) is 13.2 Å². The van der Waals surface area contributed by atoms with Crippen LogP contribution in [0.1, 0.15) is 5.56 Å². The maximum atomic E-state index is 11.9. The molecule has 0 atom stereocenters. The lowest BCUT2D eigenvalue weighted by Crippen LogP contribution is -2.23. The lowest BCUT2D eigenvalue weighted by Gasteiger charge is -2.07. The topological polar surface area (TPSA) is 102 Å². The van der Waals surface area contributed by atoms with Crippen molar-refractivity contribution in [3.05, 3.63) is 59.5 Å². The third-order valence-corrected chi connectivity index (χ3v) is 4.94. The van der Waals surface area contributed by atoms with Gasteiger partial charge in [0.05, 0.1) is 5.56 Å². The van der Waals surface area contributed by atoms with Crippen molar-refractivity contribution in [2.75, 3.05) is 18.5 Å². The standard InChI is InChI=1S/C21H14N2O5S/c22-10-13-7-8-29-21(13)23-19(24)11-27-20(25)12-26-14-5-6-18-16(9-14)15-3-1-2-4-17(15)28-18/h1-9H,11-12H2,(H,23,24). The number of furan rings is 1. The molecule has 0 fully saturated rings. The molecule has 4 aromatic rings. The van der Waals surface area contributed by atoms with E-state index in [1.165, 1.54) is 11.3 Å². The van der Waals surface area contributed by atoms with Crippen molar-refractivity contribution in [1.29, 1.82) is 5.26 Å². The molecule has 4 rings (SSSR count). The van der Waals surface area contributed by atoms with Crippen LogP contribution in [-0.4, -0.2) is 25.1 Å². The van der Waals surface area contributed by atoms with Gasteiger partial charge in [0.25, 0.3) is 5.91 Å². The highest BCUT2D eigenvalue weighted by Crippen LogP contribution is 2.31. The second-order valence-corrected chi connectivity index (χ2v) is 6.95. The number of carbonyl (C=O) groups is 2. The molecule has 0 saturated carbocycles. The number of thiophene rings is 1. The lowest BCUT2D eigenvalue weighted by atomic mass is 10.1. The highest BCUT2D eigenvalue weighted by molar-refractivity contribution is 7.14. The minimum atomic E-state index is -0.677. The van der Waals surface area contributed by atoms with E-state index in [1.807, 2.05) is 30.3 Å². The largest absolute Gasteiger partial charge is 0.482 e. The highest BCUT2D eigenvalue weighted by atomic mass is 32.1. The molecule has 29 heavy (non-hydrogen) atoms. The first-order valence-corrected chi connectivity index (χ1v) is 9.49. The molecular weight excluding hydrogens is 392 g/mol. The summed E-state index contributed by atoms with van der Waals surface area (Å²) in [5, 5.41) is 15.4. The SMILES string of the molecule is N#Cc1ccsc1NC(=O)COC(=O)COc1ccc2oc3ccccc3c2c1. The molecule has 0 radical (unpaired) electrons. The Bertz CT molecular complexity index is 1250. The normalized spacial score (nSPS) is 10.6. The van der Waals surface area contributed by atoms with Gasteiger partial charge >= 0.3 is 5.97 Å². The van der Waals surface area contributed by atoms with E-state index in [0.717, 1.165) is 21.9 Å². The smallest absolute Gasteiger partial charge is 0.344 e. The number of amides is 1. The van der Waals surface area contributed by atoms with E-state index in [4.69, 9.17) is 19.2 Å². The third kappa shape index (κ3) is 4.05. The number of hydrogen-bond donors (Lipinski definition) is 1. The molecule has 0 aliphatic rings. The lowest BCUT2D eigenvalue weighted by molar-refractivity contribution is -0.149. The first-order valence-electron chi connectivity index (χ1n) is 8.61. The fourth-order valence-electron chi connectivity index (χ4n) is 2.78. The number of anilines is 1. The molecule has 2 aromatic carbocycles. The van der Waals surface area contributed by atoms with Gasteiger partial charge in [0.1, 0.15) is 28.0 Å². The summed E-state index contributed by atoms with van der Waals surface area (Å²) in [5.74, 6) is -0.713. The van der Waals surface area contributed by atoms with Crippen molar-refractivity contribution >= 4 is 50.2 Å². The molecule has 1 N–H and O–H groups in total. The van der Waals surface area contributed by atoms with E-state index in [9.17, 15) is 9.59 Å². The predicted octanol–water partition coefficient (Wildman–Crippen LogP) is 4.08. The second-order valence-electron chi connectivity index (χ2n) is 6.03. The number of nitriles is 1. The average molecular weight is 406 g/mol. The van der Waals surface area contributed by atoms with Crippen molar-refractivity contribution in [1.82, 2.24) is 0 Å². The van der Waals surface area contributed by atoms with E-state index >= 15 is 0 Å². The molecule has 0 saturated heterocycles. The minimum absolute atomic E-state index is 0.336. The Labute approximate surface area is 169 Å². The molecule has 0 aliphatic carbocycles. The van der Waals surface area contributed by atoms with Gasteiger partial charge in [-0.15, -0.1) is 11.3 Å². The van der Waals surface area contributed by atoms with Gasteiger partial charge in [-0.05, 0) is 35.7 Å². The molecule has 1 amide bonds. The van der Waals surface area contributed by atoms with Crippen LogP contribution in [0.25, 0.3) is 21.9 Å². The van der Waals surface area contributed by atoms with Crippen LogP contribution in [0, 0.1) is 11.3 Å². The number of ether oxygens (including phenoxy) is 2. The zero-order valence-corrected chi connectivity index (χ0v) is 15.8. The average Bonchev–Trinajstić information content (AvgIpc) is 3.34. The molecule has 7 nitrogen and oxygen atoms in total. The van der Waals surface area contributed by atoms with Gasteiger partial charge in [-0.3, -0.25) is 4.79 Å². The van der Waals surface area contributed by atoms with Crippen LogP contribution in [0.3, 0.4) is 0 Å². The first kappa shape index (κ1) is 18.5. The fraction of sp³-hybridized carbons (Fsp3) is 0.0952. The number of fused-ring (bicyclic) bond motifs is 3. The molecule has 0 spiro atoms. The number of para-hydroxylation sites is 1. The molecule has 0 aliphatic heterocycles. The molecule has 0 bridgehead atoms. The Morgan fingerprint density at radius 2 is 1.90 bits per heavy atom. The number of carbonyl (C=O) groups excluding carboxylic acids is 2. The van der Waals surface area contributed by atoms with Crippen LogP contribution in [0.15, 0.2) is 58.3 Å². The molecular formula is C21H14N2O5S. The van der Waals surface area contributed by atoms with Gasteiger partial charge < -0.3 is 19.2 Å². The second kappa shape index (κ2) is 8.04. The molecule has 8 heteroatoms. The van der Waals surface area contributed by atoms with Crippen LogP contribution in [-0.2, 0) is 14.3 Å². The Morgan fingerprint density at radius 3 is 2.76 bits per heavy atom. The number of hydrogen-bond acceptors (Lipinski definition) is 7.